The Morgan fingerprint density at radius 1 is 1.09 bits per heavy atom. The molecule has 178 valence electrons. The fraction of sp³-hybridized carbons (Fsp3) is 0.560. The molecule has 2 saturated heterocycles. The highest BCUT2D eigenvalue weighted by Gasteiger charge is 2.28. The van der Waals surface area contributed by atoms with E-state index in [1.54, 1.807) is 17.4 Å². The molecule has 0 N–H and O–H groups in total. The van der Waals surface area contributed by atoms with Crippen LogP contribution in [0.1, 0.15) is 41.3 Å². The van der Waals surface area contributed by atoms with Crippen LogP contribution in [0.4, 0.5) is 0 Å². The van der Waals surface area contributed by atoms with Crippen LogP contribution in [0.25, 0.3) is 0 Å². The van der Waals surface area contributed by atoms with Crippen LogP contribution < -0.4 is 4.74 Å². The lowest BCUT2D eigenvalue weighted by Gasteiger charge is -2.38. The molecule has 1 aromatic heterocycles. The number of amides is 2. The largest absolute Gasteiger partial charge is 0.487 e. The van der Waals surface area contributed by atoms with Gasteiger partial charge in [-0.2, -0.15) is 0 Å². The molecule has 2 fully saturated rings. The highest BCUT2D eigenvalue weighted by atomic mass is 32.1. The van der Waals surface area contributed by atoms with E-state index in [1.807, 2.05) is 40.3 Å². The average Bonchev–Trinajstić information content (AvgIpc) is 3.22. The van der Waals surface area contributed by atoms with Crippen LogP contribution in [0.3, 0.4) is 0 Å². The van der Waals surface area contributed by atoms with Crippen molar-refractivity contribution in [1.29, 1.82) is 0 Å². The van der Waals surface area contributed by atoms with Gasteiger partial charge in [0.15, 0.2) is 0 Å². The lowest BCUT2D eigenvalue weighted by atomic mass is 9.92. The minimum atomic E-state index is 0.00890. The maximum atomic E-state index is 13.0. The number of piperazine rings is 1. The third-order valence-electron chi connectivity index (χ3n) is 6.37. The number of piperidine rings is 1. The number of benzene rings is 1. The van der Waals surface area contributed by atoms with E-state index in [0.29, 0.717) is 49.4 Å². The Morgan fingerprint density at radius 2 is 1.82 bits per heavy atom. The Kier molecular flexibility index (Phi) is 7.65. The maximum absolute atomic E-state index is 13.0. The zero-order chi connectivity index (χ0) is 23.4. The molecule has 1 aromatic carbocycles. The molecule has 4 rings (SSSR count). The van der Waals surface area contributed by atoms with Crippen molar-refractivity contribution in [2.75, 3.05) is 45.8 Å². The van der Waals surface area contributed by atoms with Crippen molar-refractivity contribution in [3.63, 3.8) is 0 Å². The van der Waals surface area contributed by atoms with Gasteiger partial charge in [0, 0.05) is 50.2 Å². The van der Waals surface area contributed by atoms with Crippen molar-refractivity contribution < 1.29 is 14.3 Å². The van der Waals surface area contributed by atoms with Crippen molar-refractivity contribution in [3.05, 3.63) is 45.9 Å². The molecule has 2 aromatic rings. The Bertz CT molecular complexity index is 960. The van der Waals surface area contributed by atoms with Gasteiger partial charge in [-0.3, -0.25) is 14.5 Å². The normalized spacial score (nSPS) is 21.8. The summed E-state index contributed by atoms with van der Waals surface area (Å²) in [6, 6.07) is 7.35. The maximum Gasteiger partial charge on any atom is 0.254 e. The number of hydrogen-bond donors (Lipinski definition) is 0. The topological polar surface area (TPSA) is 66.0 Å². The van der Waals surface area contributed by atoms with Crippen LogP contribution in [0.15, 0.2) is 29.6 Å². The molecule has 0 saturated carbocycles. The van der Waals surface area contributed by atoms with Gasteiger partial charge in [0.2, 0.25) is 5.91 Å². The first-order valence-corrected chi connectivity index (χ1v) is 12.7. The molecular weight excluding hydrogens is 436 g/mol. The van der Waals surface area contributed by atoms with Crippen LogP contribution in [-0.4, -0.2) is 77.3 Å². The zero-order valence-corrected chi connectivity index (χ0v) is 20.6. The molecule has 0 bridgehead atoms. The van der Waals surface area contributed by atoms with E-state index in [9.17, 15) is 9.59 Å². The second-order valence-electron chi connectivity index (χ2n) is 9.49. The fourth-order valence-corrected chi connectivity index (χ4v) is 5.40. The number of carbonyl (C=O) groups excluding carboxylic acids is 2. The summed E-state index contributed by atoms with van der Waals surface area (Å²) in [4.78, 5) is 36.3. The van der Waals surface area contributed by atoms with Gasteiger partial charge in [0.05, 0.1) is 17.2 Å². The highest BCUT2D eigenvalue weighted by molar-refractivity contribution is 7.09. The smallest absolute Gasteiger partial charge is 0.254 e. The molecule has 2 amide bonds. The van der Waals surface area contributed by atoms with Gasteiger partial charge < -0.3 is 14.5 Å². The third kappa shape index (κ3) is 6.32. The average molecular weight is 471 g/mol. The zero-order valence-electron chi connectivity index (χ0n) is 19.8. The molecule has 0 aliphatic carbocycles. The summed E-state index contributed by atoms with van der Waals surface area (Å²) in [5.41, 5.74) is 1.52. The molecule has 2 atom stereocenters. The van der Waals surface area contributed by atoms with Crippen molar-refractivity contribution in [2.24, 2.45) is 11.8 Å². The SMILES string of the molecule is Cc1nc(COc2cccc(C(=O)N3CCN(CC(=O)N4CC(C)CC(C)C4)CC3)c2)cs1. The van der Waals surface area contributed by atoms with E-state index in [4.69, 9.17) is 4.74 Å². The summed E-state index contributed by atoms with van der Waals surface area (Å²) in [7, 11) is 0. The minimum Gasteiger partial charge on any atom is -0.487 e. The number of aryl methyl sites for hydroxylation is 1. The predicted molar refractivity (Wildman–Crippen MR) is 129 cm³/mol. The van der Waals surface area contributed by atoms with Crippen LogP contribution in [0.2, 0.25) is 0 Å². The Balaban J connectivity index is 1.26. The Labute approximate surface area is 200 Å². The number of hydrogen-bond acceptors (Lipinski definition) is 6. The van der Waals surface area contributed by atoms with Gasteiger partial charge in [-0.1, -0.05) is 19.9 Å². The van der Waals surface area contributed by atoms with Crippen LogP contribution in [0.5, 0.6) is 5.75 Å². The van der Waals surface area contributed by atoms with E-state index >= 15 is 0 Å². The first-order chi connectivity index (χ1) is 15.9. The summed E-state index contributed by atoms with van der Waals surface area (Å²) in [5, 5.41) is 3.00. The lowest BCUT2D eigenvalue weighted by molar-refractivity contribution is -0.135. The lowest BCUT2D eigenvalue weighted by Crippen LogP contribution is -2.53. The van der Waals surface area contributed by atoms with Gasteiger partial charge in [-0.05, 0) is 43.4 Å². The summed E-state index contributed by atoms with van der Waals surface area (Å²) >= 11 is 1.60. The molecular formula is C25H34N4O3S. The number of thiazole rings is 1. The monoisotopic (exact) mass is 470 g/mol. The molecule has 0 radical (unpaired) electrons. The fourth-order valence-electron chi connectivity index (χ4n) is 4.80. The van der Waals surface area contributed by atoms with Gasteiger partial charge in [-0.25, -0.2) is 4.98 Å². The van der Waals surface area contributed by atoms with Gasteiger partial charge in [0.1, 0.15) is 12.4 Å². The molecule has 33 heavy (non-hydrogen) atoms. The van der Waals surface area contributed by atoms with E-state index in [0.717, 1.165) is 36.9 Å². The van der Waals surface area contributed by atoms with E-state index in [1.165, 1.54) is 6.42 Å². The number of aromatic nitrogens is 1. The molecule has 2 unspecified atom stereocenters. The molecule has 2 aliphatic heterocycles. The van der Waals surface area contributed by atoms with Crippen LogP contribution in [-0.2, 0) is 11.4 Å². The van der Waals surface area contributed by atoms with E-state index < -0.39 is 0 Å². The van der Waals surface area contributed by atoms with Crippen molar-refractivity contribution in [2.45, 2.75) is 33.8 Å². The third-order valence-corrected chi connectivity index (χ3v) is 7.20. The van der Waals surface area contributed by atoms with Crippen molar-refractivity contribution >= 4 is 23.2 Å². The molecule has 3 heterocycles. The number of nitrogens with zero attached hydrogens (tertiary/aromatic N) is 4. The van der Waals surface area contributed by atoms with E-state index in [-0.39, 0.29) is 11.8 Å². The molecule has 2 aliphatic rings. The van der Waals surface area contributed by atoms with Crippen molar-refractivity contribution in [3.8, 4) is 5.75 Å². The molecule has 0 spiro atoms. The first kappa shape index (κ1) is 23.7. The van der Waals surface area contributed by atoms with Crippen LogP contribution in [0, 0.1) is 18.8 Å². The molecule has 7 nitrogen and oxygen atoms in total. The quantitative estimate of drug-likeness (QED) is 0.648. The second kappa shape index (κ2) is 10.7. The first-order valence-electron chi connectivity index (χ1n) is 11.8. The predicted octanol–water partition coefficient (Wildman–Crippen LogP) is 3.29. The van der Waals surface area contributed by atoms with Crippen molar-refractivity contribution in [1.82, 2.24) is 19.7 Å². The second-order valence-corrected chi connectivity index (χ2v) is 10.5. The summed E-state index contributed by atoms with van der Waals surface area (Å²) < 4.78 is 5.84. The number of carbonyl (C=O) groups is 2. The highest BCUT2D eigenvalue weighted by Crippen LogP contribution is 2.22. The number of ether oxygens (including phenoxy) is 1. The standard InChI is InChI=1S/C25H34N4O3S/c1-18-11-19(2)14-29(13-18)24(30)15-27-7-9-28(10-8-27)25(31)21-5-4-6-23(12-21)32-16-22-17-33-20(3)26-22/h4-6,12,17-19H,7-11,13-16H2,1-3H3. The molecule has 8 heteroatoms. The van der Waals surface area contributed by atoms with Crippen LogP contribution >= 0.6 is 11.3 Å². The van der Waals surface area contributed by atoms with Gasteiger partial charge >= 0.3 is 0 Å². The summed E-state index contributed by atoms with van der Waals surface area (Å²) in [5.74, 6) is 2.03. The number of rotatable bonds is 6. The van der Waals surface area contributed by atoms with E-state index in [2.05, 4.69) is 23.7 Å². The Morgan fingerprint density at radius 3 is 2.48 bits per heavy atom. The van der Waals surface area contributed by atoms with Gasteiger partial charge in [0.25, 0.3) is 5.91 Å². The Hall–Kier alpha value is -2.45. The van der Waals surface area contributed by atoms with Gasteiger partial charge in [-0.15, -0.1) is 11.3 Å². The number of likely N-dealkylation sites (tertiary alicyclic amines) is 1. The summed E-state index contributed by atoms with van der Waals surface area (Å²) in [6.07, 6.45) is 1.20. The minimum absolute atomic E-state index is 0.00890. The summed E-state index contributed by atoms with van der Waals surface area (Å²) in [6.45, 7) is 11.7.